The number of aliphatic carboxylic acids is 1. The number of rotatable bonds is 6. The van der Waals surface area contributed by atoms with Gasteiger partial charge in [-0.15, -0.1) is 0 Å². The minimum Gasteiger partial charge on any atom is -0.493 e. The summed E-state index contributed by atoms with van der Waals surface area (Å²) in [4.78, 5) is 21.4. The zero-order valence-electron chi connectivity index (χ0n) is 10.2. The van der Waals surface area contributed by atoms with Gasteiger partial charge in [-0.1, -0.05) is 0 Å². The van der Waals surface area contributed by atoms with Crippen LogP contribution in [0.25, 0.3) is 0 Å². The Morgan fingerprint density at radius 1 is 1.33 bits per heavy atom. The molecule has 0 aliphatic heterocycles. The number of carboxylic acid groups (broad SMARTS) is 1. The van der Waals surface area contributed by atoms with Crippen molar-refractivity contribution in [1.29, 1.82) is 0 Å². The largest absolute Gasteiger partial charge is 0.493 e. The molecule has 1 N–H and O–H groups in total. The molecule has 0 heterocycles. The molecule has 0 saturated carbocycles. The summed E-state index contributed by atoms with van der Waals surface area (Å²) >= 11 is 0. The van der Waals surface area contributed by atoms with Gasteiger partial charge in [0.2, 0.25) is 0 Å². The SMILES string of the molecule is COc1cc(C(C)=O)ccc1OC/C=C/C(=O)O. The maximum absolute atomic E-state index is 11.2. The summed E-state index contributed by atoms with van der Waals surface area (Å²) in [6.45, 7) is 1.58. The van der Waals surface area contributed by atoms with E-state index < -0.39 is 5.97 Å². The number of hydrogen-bond donors (Lipinski definition) is 1. The van der Waals surface area contributed by atoms with Crippen molar-refractivity contribution < 1.29 is 24.2 Å². The topological polar surface area (TPSA) is 72.8 Å². The van der Waals surface area contributed by atoms with Crippen LogP contribution in [0.5, 0.6) is 11.5 Å². The van der Waals surface area contributed by atoms with Gasteiger partial charge in [-0.25, -0.2) is 4.79 Å². The molecule has 0 saturated heterocycles. The molecule has 0 aliphatic carbocycles. The second-order valence-corrected chi connectivity index (χ2v) is 3.47. The molecule has 0 radical (unpaired) electrons. The van der Waals surface area contributed by atoms with Gasteiger partial charge >= 0.3 is 5.97 Å². The van der Waals surface area contributed by atoms with Crippen molar-refractivity contribution in [3.63, 3.8) is 0 Å². The first-order chi connectivity index (χ1) is 8.54. The Hall–Kier alpha value is -2.30. The number of Topliss-reactive ketones (excluding diaryl/α,β-unsaturated/α-hetero) is 1. The van der Waals surface area contributed by atoms with E-state index in [0.717, 1.165) is 6.08 Å². The molecule has 1 aromatic rings. The van der Waals surface area contributed by atoms with E-state index in [1.165, 1.54) is 20.1 Å². The van der Waals surface area contributed by atoms with E-state index in [1.54, 1.807) is 18.2 Å². The van der Waals surface area contributed by atoms with Gasteiger partial charge in [0.15, 0.2) is 17.3 Å². The average molecular weight is 250 g/mol. The van der Waals surface area contributed by atoms with Crippen molar-refractivity contribution in [2.24, 2.45) is 0 Å². The Kier molecular flexibility index (Phi) is 4.92. The van der Waals surface area contributed by atoms with Gasteiger partial charge in [-0.05, 0) is 31.2 Å². The van der Waals surface area contributed by atoms with Crippen LogP contribution in [-0.4, -0.2) is 30.6 Å². The van der Waals surface area contributed by atoms with Crippen LogP contribution >= 0.6 is 0 Å². The van der Waals surface area contributed by atoms with Gasteiger partial charge in [0, 0.05) is 11.6 Å². The lowest BCUT2D eigenvalue weighted by Gasteiger charge is -2.09. The fourth-order valence-electron chi connectivity index (χ4n) is 1.29. The molecule has 18 heavy (non-hydrogen) atoms. The van der Waals surface area contributed by atoms with Crippen molar-refractivity contribution in [2.75, 3.05) is 13.7 Å². The van der Waals surface area contributed by atoms with Gasteiger partial charge in [-0.2, -0.15) is 0 Å². The molecular weight excluding hydrogens is 236 g/mol. The maximum Gasteiger partial charge on any atom is 0.328 e. The van der Waals surface area contributed by atoms with E-state index >= 15 is 0 Å². The highest BCUT2D eigenvalue weighted by Crippen LogP contribution is 2.28. The second kappa shape index (κ2) is 6.44. The molecule has 96 valence electrons. The fraction of sp³-hybridized carbons (Fsp3) is 0.231. The van der Waals surface area contributed by atoms with E-state index in [0.29, 0.717) is 17.1 Å². The Balaban J connectivity index is 2.77. The molecule has 0 bridgehead atoms. The molecule has 0 fully saturated rings. The molecule has 0 amide bonds. The lowest BCUT2D eigenvalue weighted by molar-refractivity contribution is -0.131. The third-order valence-corrected chi connectivity index (χ3v) is 2.17. The predicted octanol–water partition coefficient (Wildman–Crippen LogP) is 1.92. The fourth-order valence-corrected chi connectivity index (χ4v) is 1.29. The molecule has 0 atom stereocenters. The number of ether oxygens (including phenoxy) is 2. The van der Waals surface area contributed by atoms with E-state index in [4.69, 9.17) is 14.6 Å². The smallest absolute Gasteiger partial charge is 0.328 e. The molecule has 0 spiro atoms. The first-order valence-electron chi connectivity index (χ1n) is 5.26. The summed E-state index contributed by atoms with van der Waals surface area (Å²) < 4.78 is 10.4. The number of carboxylic acids is 1. The lowest BCUT2D eigenvalue weighted by atomic mass is 10.1. The molecule has 1 aromatic carbocycles. The molecular formula is C13H14O5. The summed E-state index contributed by atoms with van der Waals surface area (Å²) in [5.74, 6) is -0.202. The normalized spacial score (nSPS) is 10.3. The zero-order valence-corrected chi connectivity index (χ0v) is 10.2. The second-order valence-electron chi connectivity index (χ2n) is 3.47. The number of ketones is 1. The lowest BCUT2D eigenvalue weighted by Crippen LogP contribution is -2.00. The maximum atomic E-state index is 11.2. The predicted molar refractivity (Wildman–Crippen MR) is 65.3 cm³/mol. The number of carbonyl (C=O) groups is 2. The Bertz CT molecular complexity index is 476. The minimum atomic E-state index is -1.03. The minimum absolute atomic E-state index is 0.0642. The summed E-state index contributed by atoms with van der Waals surface area (Å²) in [6.07, 6.45) is 2.37. The average Bonchev–Trinajstić information content (AvgIpc) is 2.34. The van der Waals surface area contributed by atoms with Gasteiger partial charge in [0.1, 0.15) is 6.61 Å². The van der Waals surface area contributed by atoms with Crippen LogP contribution in [0.3, 0.4) is 0 Å². The van der Waals surface area contributed by atoms with Crippen molar-refractivity contribution >= 4 is 11.8 Å². The van der Waals surface area contributed by atoms with E-state index in [-0.39, 0.29) is 12.4 Å². The first-order valence-corrected chi connectivity index (χ1v) is 5.26. The zero-order chi connectivity index (χ0) is 13.5. The number of carbonyl (C=O) groups excluding carboxylic acids is 1. The van der Waals surface area contributed by atoms with Gasteiger partial charge in [-0.3, -0.25) is 4.79 Å². The monoisotopic (exact) mass is 250 g/mol. The molecule has 1 rings (SSSR count). The van der Waals surface area contributed by atoms with Gasteiger partial charge in [0.05, 0.1) is 7.11 Å². The van der Waals surface area contributed by atoms with Crippen LogP contribution in [0.4, 0.5) is 0 Å². The Morgan fingerprint density at radius 2 is 2.06 bits per heavy atom. The summed E-state index contributed by atoms with van der Waals surface area (Å²) in [6, 6.07) is 4.82. The Morgan fingerprint density at radius 3 is 2.61 bits per heavy atom. The van der Waals surface area contributed by atoms with Crippen LogP contribution in [0.1, 0.15) is 17.3 Å². The third-order valence-electron chi connectivity index (χ3n) is 2.17. The molecule has 0 aliphatic rings. The van der Waals surface area contributed by atoms with E-state index in [2.05, 4.69) is 0 Å². The molecule has 0 aromatic heterocycles. The highest BCUT2D eigenvalue weighted by molar-refractivity contribution is 5.94. The Labute approximate surface area is 105 Å². The van der Waals surface area contributed by atoms with Crippen molar-refractivity contribution in [1.82, 2.24) is 0 Å². The highest BCUT2D eigenvalue weighted by Gasteiger charge is 2.07. The van der Waals surface area contributed by atoms with Crippen LogP contribution < -0.4 is 9.47 Å². The van der Waals surface area contributed by atoms with Gasteiger partial charge in [0.25, 0.3) is 0 Å². The quantitative estimate of drug-likeness (QED) is 0.616. The number of methoxy groups -OCH3 is 1. The molecule has 5 heteroatoms. The van der Waals surface area contributed by atoms with Crippen molar-refractivity contribution in [2.45, 2.75) is 6.92 Å². The summed E-state index contributed by atoms with van der Waals surface area (Å²) in [5, 5.41) is 8.40. The first kappa shape index (κ1) is 13.8. The number of benzene rings is 1. The van der Waals surface area contributed by atoms with Crippen LogP contribution in [-0.2, 0) is 4.79 Å². The molecule has 5 nitrogen and oxygen atoms in total. The van der Waals surface area contributed by atoms with Crippen LogP contribution in [0, 0.1) is 0 Å². The summed E-state index contributed by atoms with van der Waals surface area (Å²) in [5.41, 5.74) is 0.528. The van der Waals surface area contributed by atoms with Gasteiger partial charge < -0.3 is 14.6 Å². The van der Waals surface area contributed by atoms with E-state index in [9.17, 15) is 9.59 Å². The van der Waals surface area contributed by atoms with Crippen LogP contribution in [0.2, 0.25) is 0 Å². The summed E-state index contributed by atoms with van der Waals surface area (Å²) in [7, 11) is 1.47. The van der Waals surface area contributed by atoms with E-state index in [1.807, 2.05) is 0 Å². The third kappa shape index (κ3) is 3.93. The highest BCUT2D eigenvalue weighted by atomic mass is 16.5. The molecule has 0 unspecified atom stereocenters. The van der Waals surface area contributed by atoms with Crippen molar-refractivity contribution in [3.05, 3.63) is 35.9 Å². The van der Waals surface area contributed by atoms with Crippen LogP contribution in [0.15, 0.2) is 30.4 Å². The number of hydrogen-bond acceptors (Lipinski definition) is 4. The standard InChI is InChI=1S/C13H14O5/c1-9(14)10-5-6-11(12(8-10)17-2)18-7-3-4-13(15)16/h3-6,8H,7H2,1-2H3,(H,15,16)/b4-3+. The van der Waals surface area contributed by atoms with Crippen molar-refractivity contribution in [3.8, 4) is 11.5 Å².